The molecule has 2 aromatic rings. The Kier molecular flexibility index (Phi) is 23.1. The number of guanidine groups is 2. The largest absolute Gasteiger partial charge is 0.462 e. The summed E-state index contributed by atoms with van der Waals surface area (Å²) in [6.07, 6.45) is -31.8. The van der Waals surface area contributed by atoms with E-state index >= 15 is 9.59 Å². The first-order chi connectivity index (χ1) is 43.2. The Morgan fingerprint density at radius 1 is 0.582 bits per heavy atom. The topological polar surface area (TPSA) is 582 Å². The number of nitrogens with zero attached hydrogens (tertiary/aromatic N) is 2. The summed E-state index contributed by atoms with van der Waals surface area (Å²) in [5.41, 5.74) is 0.803. The van der Waals surface area contributed by atoms with Crippen LogP contribution in [0.2, 0.25) is 0 Å². The van der Waals surface area contributed by atoms with E-state index in [1.807, 2.05) is 0 Å². The van der Waals surface area contributed by atoms with Crippen molar-refractivity contribution in [1.29, 1.82) is 10.8 Å². The molecule has 8 rings (SSSR count). The zero-order valence-electron chi connectivity index (χ0n) is 48.8. The normalized spacial score (nSPS) is 37.3. The van der Waals surface area contributed by atoms with Crippen LogP contribution in [0.25, 0.3) is 0 Å². The van der Waals surface area contributed by atoms with Crippen LogP contribution < -0.4 is 52.2 Å². The summed E-state index contributed by atoms with van der Waals surface area (Å²) in [7, 11) is 0. The smallest absolute Gasteiger partial charge is 0.247 e. The average molecular weight is 1300 g/mol. The maximum atomic E-state index is 15.1. The Balaban J connectivity index is 1.12. The van der Waals surface area contributed by atoms with Crippen molar-refractivity contribution in [2.45, 2.75) is 167 Å². The van der Waals surface area contributed by atoms with Crippen LogP contribution in [0.5, 0.6) is 5.75 Å². The van der Waals surface area contributed by atoms with Gasteiger partial charge in [-0.25, -0.2) is 0 Å². The van der Waals surface area contributed by atoms with Crippen LogP contribution in [0.15, 0.2) is 48.5 Å². The van der Waals surface area contributed by atoms with Crippen LogP contribution in [0.1, 0.15) is 18.1 Å². The van der Waals surface area contributed by atoms with Crippen molar-refractivity contribution in [3.8, 4) is 5.75 Å². The number of anilines is 1. The highest BCUT2D eigenvalue weighted by molar-refractivity contribution is 6.04. The fourth-order valence-corrected chi connectivity index (χ4v) is 11.3. The van der Waals surface area contributed by atoms with Gasteiger partial charge in [-0.1, -0.05) is 30.3 Å². The molecule has 37 nitrogen and oxygen atoms in total. The molecule has 37 heteroatoms. The first-order valence-corrected chi connectivity index (χ1v) is 28.9. The number of hydrogen-bond acceptors (Lipinski definition) is 27. The van der Waals surface area contributed by atoms with Gasteiger partial charge >= 0.3 is 0 Å². The number of carbonyl (C=O) groups is 6. The summed E-state index contributed by atoms with van der Waals surface area (Å²) in [5, 5.41) is 187. The Hall–Kier alpha value is -7.12. The highest BCUT2D eigenvalue weighted by atomic mass is 16.7. The standard InChI is InChI=1S/C54H78N12O25/c1-19-5-3-4-6-26(19)65-20(2)45(82)60-23(11-21-7-9-22(10-8-21)87-51-43(81)40(78)44(30(18-70)90-51)91-52-42(80)39(77)37(75)29(17-69)89-52)47(84)63-32(34(72)24-12-58-53(55)62-24)49(86)64-33(48(85)61-25(15-67)46(83)57-14-31(65)71)35(73)27-13-59-54(56)66(27)50-41(79)38(76)36(74)28(16-68)88-50/h3-10,20,23-25,27-30,32-44,50-52,67-70,72-81H,11-18H2,1-2H3,(H2,56,59)(H,57,83)(H,60,82)(H,61,85)(H,63,84)(H,64,86)(H3,55,58,62). The monoisotopic (exact) mass is 1290 g/mol. The van der Waals surface area contributed by atoms with E-state index in [1.165, 1.54) is 37.3 Å². The van der Waals surface area contributed by atoms with Gasteiger partial charge in [0.1, 0.15) is 121 Å². The van der Waals surface area contributed by atoms with Gasteiger partial charge < -0.3 is 143 Å². The van der Waals surface area contributed by atoms with Crippen LogP contribution in [0.3, 0.4) is 0 Å². The second kappa shape index (κ2) is 30.1. The van der Waals surface area contributed by atoms with Gasteiger partial charge in [-0.3, -0.25) is 44.5 Å². The average Bonchev–Trinajstić information content (AvgIpc) is 1.79. The molecule has 504 valence electrons. The summed E-state index contributed by atoms with van der Waals surface area (Å²) in [6.45, 7) is -2.55. The second-order valence-corrected chi connectivity index (χ2v) is 22.6. The number of aryl methyl sites for hydroxylation is 1. The lowest BCUT2D eigenvalue weighted by Crippen LogP contribution is -2.69. The van der Waals surface area contributed by atoms with Gasteiger partial charge in [0.2, 0.25) is 41.7 Å². The first kappa shape index (κ1) is 69.8. The van der Waals surface area contributed by atoms with Crippen molar-refractivity contribution < 1.29 is 124 Å². The summed E-state index contributed by atoms with van der Waals surface area (Å²) >= 11 is 0. The number of aliphatic hydroxyl groups is 14. The maximum absolute atomic E-state index is 15.1. The molecular formula is C54H78N12O25. The van der Waals surface area contributed by atoms with Crippen LogP contribution in [-0.4, -0.2) is 316 Å². The Morgan fingerprint density at radius 3 is 1.79 bits per heavy atom. The maximum Gasteiger partial charge on any atom is 0.247 e. The lowest BCUT2D eigenvalue weighted by molar-refractivity contribution is -0.352. The molecule has 24 unspecified atom stereocenters. The number of para-hydroxylation sites is 1. The zero-order valence-corrected chi connectivity index (χ0v) is 48.8. The minimum atomic E-state index is -2.36. The number of amides is 6. The third kappa shape index (κ3) is 15.2. The molecule has 2 aromatic carbocycles. The van der Waals surface area contributed by atoms with E-state index in [2.05, 4.69) is 42.5 Å². The zero-order chi connectivity index (χ0) is 66.4. The van der Waals surface area contributed by atoms with E-state index in [1.54, 1.807) is 25.1 Å². The minimum absolute atomic E-state index is 0.0768. The first-order valence-electron chi connectivity index (χ1n) is 28.9. The van der Waals surface area contributed by atoms with Crippen molar-refractivity contribution in [2.24, 2.45) is 0 Å². The Bertz CT molecular complexity index is 2920. The molecule has 6 saturated heterocycles. The third-order valence-electron chi connectivity index (χ3n) is 16.6. The Morgan fingerprint density at radius 2 is 1.16 bits per heavy atom. The molecule has 6 heterocycles. The number of ether oxygens (including phenoxy) is 5. The minimum Gasteiger partial charge on any atom is -0.462 e. The molecule has 6 amide bonds. The predicted octanol–water partition coefficient (Wildman–Crippen LogP) is -12.8. The number of hydrogen-bond donors (Lipinski definition) is 24. The van der Waals surface area contributed by atoms with Crippen LogP contribution in [0.4, 0.5) is 5.69 Å². The molecule has 0 aromatic heterocycles. The Labute approximate surface area is 517 Å². The van der Waals surface area contributed by atoms with Gasteiger partial charge in [0.15, 0.2) is 24.4 Å². The van der Waals surface area contributed by atoms with Gasteiger partial charge in [0.25, 0.3) is 0 Å². The SMILES string of the molecule is Cc1ccccc1N1C(=O)CNC(=O)C(CO)NC(=O)C(C(O)C2CNC(=N)N2C2OC(CO)C(O)C(O)C2O)NC(=O)C(C(O)C2CNC(=N)N2)NC(=O)C(Cc2ccc(OC3OC(CO)C(OC4OC(CO)C(O)C(O)C4O)C(O)C3O)cc2)NC(=O)C1C. The van der Waals surface area contributed by atoms with E-state index in [0.29, 0.717) is 5.56 Å². The van der Waals surface area contributed by atoms with E-state index in [9.17, 15) is 90.7 Å². The lowest BCUT2D eigenvalue weighted by Gasteiger charge is -2.46. The number of aliphatic hydroxyl groups excluding tert-OH is 14. The third-order valence-corrected chi connectivity index (χ3v) is 16.6. The quantitative estimate of drug-likeness (QED) is 0.0742. The van der Waals surface area contributed by atoms with Crippen molar-refractivity contribution in [1.82, 2.24) is 47.4 Å². The van der Waals surface area contributed by atoms with E-state index < -0.39 is 234 Å². The fraction of sp³-hybridized carbons (Fsp3) is 0.630. The molecule has 0 saturated carbocycles. The van der Waals surface area contributed by atoms with E-state index in [4.69, 9.17) is 34.5 Å². The summed E-state index contributed by atoms with van der Waals surface area (Å²) < 4.78 is 28.2. The summed E-state index contributed by atoms with van der Waals surface area (Å²) in [6, 6.07) is -1.25. The van der Waals surface area contributed by atoms with Crippen molar-refractivity contribution in [2.75, 3.05) is 51.0 Å². The second-order valence-electron chi connectivity index (χ2n) is 22.6. The van der Waals surface area contributed by atoms with Gasteiger partial charge in [0, 0.05) is 25.2 Å². The number of carbonyl (C=O) groups excluding carboxylic acids is 6. The van der Waals surface area contributed by atoms with Crippen molar-refractivity contribution in [3.63, 3.8) is 0 Å². The number of rotatable bonds is 16. The van der Waals surface area contributed by atoms with Gasteiger partial charge in [-0.2, -0.15) is 0 Å². The fourth-order valence-electron chi connectivity index (χ4n) is 11.3. The lowest BCUT2D eigenvalue weighted by atomic mass is 9.95. The van der Waals surface area contributed by atoms with Crippen molar-refractivity contribution in [3.05, 3.63) is 59.7 Å². The highest BCUT2D eigenvalue weighted by Gasteiger charge is 2.54. The number of benzene rings is 2. The van der Waals surface area contributed by atoms with E-state index in [0.717, 1.165) is 9.80 Å². The molecule has 0 bridgehead atoms. The van der Waals surface area contributed by atoms with Gasteiger partial charge in [-0.05, 0) is 43.2 Å². The highest BCUT2D eigenvalue weighted by Crippen LogP contribution is 2.32. The van der Waals surface area contributed by atoms with E-state index in [-0.39, 0.29) is 29.5 Å². The van der Waals surface area contributed by atoms with Gasteiger partial charge in [0.05, 0.1) is 45.1 Å². The van der Waals surface area contributed by atoms with Crippen LogP contribution in [-0.2, 0) is 54.1 Å². The van der Waals surface area contributed by atoms with Gasteiger partial charge in [-0.15, -0.1) is 0 Å². The van der Waals surface area contributed by atoms with Crippen molar-refractivity contribution >= 4 is 53.0 Å². The molecule has 24 atom stereocenters. The van der Waals surface area contributed by atoms with Crippen LogP contribution >= 0.6 is 0 Å². The molecule has 0 radical (unpaired) electrons. The summed E-state index contributed by atoms with van der Waals surface area (Å²) in [5.74, 6) is -8.33. The van der Waals surface area contributed by atoms with Crippen LogP contribution in [0, 0.1) is 17.7 Å². The summed E-state index contributed by atoms with van der Waals surface area (Å²) in [4.78, 5) is 89.5. The molecule has 6 aliphatic rings. The molecule has 0 spiro atoms. The predicted molar refractivity (Wildman–Crippen MR) is 303 cm³/mol. The molecule has 0 aliphatic carbocycles. The molecule has 24 N–H and O–H groups in total. The molecular weight excluding hydrogens is 1220 g/mol. The molecule has 6 aliphatic heterocycles. The molecule has 91 heavy (non-hydrogen) atoms. The number of nitrogens with one attached hydrogen (secondary N) is 10. The molecule has 6 fully saturated rings.